The van der Waals surface area contributed by atoms with Gasteiger partial charge in [0.25, 0.3) is 0 Å². The molecule has 0 bridgehead atoms. The molecule has 3 heterocycles. The van der Waals surface area contributed by atoms with Crippen LogP contribution < -0.4 is 15.7 Å². The number of anilines is 2. The maximum atomic E-state index is 12.6. The molecule has 4 N–H and O–H groups in total. The van der Waals surface area contributed by atoms with E-state index in [0.717, 1.165) is 10.4 Å². The second kappa shape index (κ2) is 9.46. The lowest BCUT2D eigenvalue weighted by atomic mass is 9.64. The molecule has 12 nitrogen and oxygen atoms in total. The van der Waals surface area contributed by atoms with E-state index >= 15 is 0 Å². The number of amides is 1. The maximum Gasteiger partial charge on any atom is 0.526 e. The molecular formula is C19H20BN7O5S. The molecule has 0 spiro atoms. The van der Waals surface area contributed by atoms with E-state index in [4.69, 9.17) is 10.4 Å². The molecule has 1 amide bonds. The molecule has 2 aromatic heterocycles. The van der Waals surface area contributed by atoms with Crippen LogP contribution in [0.2, 0.25) is 5.82 Å². The lowest BCUT2D eigenvalue weighted by Crippen LogP contribution is -2.36. The molecule has 0 radical (unpaired) electrons. The number of benzene rings is 1. The number of fused-ring (bicyclic) bond motifs is 1. The molecule has 0 saturated heterocycles. The van der Waals surface area contributed by atoms with Crippen LogP contribution in [0.3, 0.4) is 0 Å². The standard InChI is InChI=1S/C19H20BN7O5S/c1-10(28)14-4-2-3-11-5-12(20(31)32-18(11)14)6-13(29)7-15-24-26-27(25-15)8-17(30)22-16-9-33-19(21)23-16/h2-4,9,12,31H,5-8H2,1H3,(H2,21,23)(H,22,30)/t12-/m1/s1. The second-order valence-corrected chi connectivity index (χ2v) is 8.49. The van der Waals surface area contributed by atoms with Crippen molar-refractivity contribution >= 4 is 46.9 Å². The van der Waals surface area contributed by atoms with Crippen LogP contribution in [0.15, 0.2) is 23.6 Å². The average Bonchev–Trinajstić information content (AvgIpc) is 3.36. The Bertz CT molecular complexity index is 1210. The summed E-state index contributed by atoms with van der Waals surface area (Å²) < 4.78 is 5.56. The summed E-state index contributed by atoms with van der Waals surface area (Å²) in [6.45, 7) is 1.22. The summed E-state index contributed by atoms with van der Waals surface area (Å²) in [5.74, 6) is -0.396. The van der Waals surface area contributed by atoms with Crippen LogP contribution in [0.4, 0.5) is 10.9 Å². The van der Waals surface area contributed by atoms with Gasteiger partial charge in [-0.25, -0.2) is 4.98 Å². The summed E-state index contributed by atoms with van der Waals surface area (Å²) in [6, 6.07) is 5.20. The van der Waals surface area contributed by atoms with Crippen LogP contribution in [0, 0.1) is 0 Å². The first-order valence-corrected chi connectivity index (χ1v) is 10.9. The van der Waals surface area contributed by atoms with Crippen molar-refractivity contribution in [2.24, 2.45) is 0 Å². The average molecular weight is 469 g/mol. The topological polar surface area (TPSA) is 175 Å². The van der Waals surface area contributed by atoms with Gasteiger partial charge in [-0.2, -0.15) is 4.80 Å². The van der Waals surface area contributed by atoms with Gasteiger partial charge in [-0.05, 0) is 30.2 Å². The molecule has 1 atom stereocenters. The molecule has 1 aliphatic rings. The largest absolute Gasteiger partial charge is 0.535 e. The van der Waals surface area contributed by atoms with E-state index in [9.17, 15) is 19.4 Å². The highest BCUT2D eigenvalue weighted by molar-refractivity contribution is 7.13. The number of nitrogens with one attached hydrogen (secondary N) is 1. The Kier molecular flexibility index (Phi) is 6.46. The molecule has 0 unspecified atom stereocenters. The van der Waals surface area contributed by atoms with Crippen LogP contribution >= 0.6 is 11.3 Å². The number of rotatable bonds is 8. The first kappa shape index (κ1) is 22.5. The monoisotopic (exact) mass is 469 g/mol. The molecule has 1 aliphatic heterocycles. The molecule has 0 saturated carbocycles. The molecule has 33 heavy (non-hydrogen) atoms. The van der Waals surface area contributed by atoms with Gasteiger partial charge in [0, 0.05) is 17.6 Å². The minimum atomic E-state index is -1.21. The van der Waals surface area contributed by atoms with Crippen molar-refractivity contribution < 1.29 is 24.1 Å². The second-order valence-electron chi connectivity index (χ2n) is 7.60. The third-order valence-corrected chi connectivity index (χ3v) is 5.69. The van der Waals surface area contributed by atoms with Gasteiger partial charge in [0.15, 0.2) is 16.7 Å². The number of aromatic nitrogens is 5. The number of hydrogen-bond donors (Lipinski definition) is 3. The molecule has 4 rings (SSSR count). The number of nitrogens with zero attached hydrogens (tertiary/aromatic N) is 5. The van der Waals surface area contributed by atoms with Gasteiger partial charge in [0.2, 0.25) is 5.91 Å². The van der Waals surface area contributed by atoms with Crippen molar-refractivity contribution in [2.75, 3.05) is 11.1 Å². The van der Waals surface area contributed by atoms with E-state index in [1.165, 1.54) is 18.3 Å². The molecule has 0 aliphatic carbocycles. The Balaban J connectivity index is 1.32. The number of nitrogen functional groups attached to an aromatic ring is 1. The third-order valence-electron chi connectivity index (χ3n) is 5.01. The van der Waals surface area contributed by atoms with E-state index in [-0.39, 0.29) is 36.8 Å². The van der Waals surface area contributed by atoms with Gasteiger partial charge < -0.3 is 20.7 Å². The summed E-state index contributed by atoms with van der Waals surface area (Å²) in [5.41, 5.74) is 6.69. The highest BCUT2D eigenvalue weighted by Crippen LogP contribution is 2.36. The number of ketones is 2. The summed E-state index contributed by atoms with van der Waals surface area (Å²) in [4.78, 5) is 41.4. The zero-order valence-electron chi connectivity index (χ0n) is 17.6. The number of carbonyl (C=O) groups excluding carboxylic acids is 3. The predicted octanol–water partition coefficient (Wildman–Crippen LogP) is 0.541. The smallest absolute Gasteiger partial charge is 0.526 e. The zero-order valence-corrected chi connectivity index (χ0v) is 18.4. The Morgan fingerprint density at radius 3 is 2.94 bits per heavy atom. The molecule has 14 heteroatoms. The SMILES string of the molecule is CC(=O)c1cccc2c1OB(O)[C@@H](CC(=O)Cc1nnn(CC(=O)Nc3csc(N)n3)n1)C2. The van der Waals surface area contributed by atoms with Crippen molar-refractivity contribution in [2.45, 2.75) is 38.5 Å². The van der Waals surface area contributed by atoms with Gasteiger partial charge >= 0.3 is 7.12 Å². The predicted molar refractivity (Wildman–Crippen MR) is 119 cm³/mol. The fourth-order valence-corrected chi connectivity index (χ4v) is 4.04. The quantitative estimate of drug-likeness (QED) is 0.312. The molecule has 0 fully saturated rings. The van der Waals surface area contributed by atoms with Crippen molar-refractivity contribution in [1.82, 2.24) is 25.2 Å². The van der Waals surface area contributed by atoms with Gasteiger partial charge in [-0.3, -0.25) is 14.4 Å². The number of carbonyl (C=O) groups is 3. The van der Waals surface area contributed by atoms with Gasteiger partial charge in [-0.15, -0.1) is 21.5 Å². The fraction of sp³-hybridized carbons (Fsp3) is 0.316. The van der Waals surface area contributed by atoms with E-state index < -0.39 is 18.8 Å². The molecule has 1 aromatic carbocycles. The van der Waals surface area contributed by atoms with E-state index in [0.29, 0.717) is 28.7 Å². The Hall–Kier alpha value is -3.65. The number of hydrogen-bond acceptors (Lipinski definition) is 11. The van der Waals surface area contributed by atoms with E-state index in [1.807, 2.05) is 6.07 Å². The Labute approximate surface area is 192 Å². The minimum absolute atomic E-state index is 0.0329. The number of Topliss-reactive ketones (excluding diaryl/α,β-unsaturated/α-hetero) is 2. The lowest BCUT2D eigenvalue weighted by Gasteiger charge is -2.28. The normalized spacial score (nSPS) is 15.0. The lowest BCUT2D eigenvalue weighted by molar-refractivity contribution is -0.119. The summed E-state index contributed by atoms with van der Waals surface area (Å²) >= 11 is 1.20. The fourth-order valence-electron chi connectivity index (χ4n) is 3.55. The molecular weight excluding hydrogens is 449 g/mol. The number of nitrogens with two attached hydrogens (primary N) is 1. The van der Waals surface area contributed by atoms with E-state index in [2.05, 4.69) is 25.7 Å². The zero-order chi connectivity index (χ0) is 23.5. The maximum absolute atomic E-state index is 12.6. The van der Waals surface area contributed by atoms with Crippen LogP contribution in [0.1, 0.15) is 35.1 Å². The first-order chi connectivity index (χ1) is 15.8. The number of thiazole rings is 1. The molecule has 170 valence electrons. The van der Waals surface area contributed by atoms with Crippen molar-refractivity contribution in [1.29, 1.82) is 0 Å². The third kappa shape index (κ3) is 5.41. The van der Waals surface area contributed by atoms with Crippen LogP contribution in [-0.4, -0.2) is 54.8 Å². The minimum Gasteiger partial charge on any atom is -0.535 e. The summed E-state index contributed by atoms with van der Waals surface area (Å²) in [7, 11) is -1.21. The number of para-hydroxylation sites is 1. The highest BCUT2D eigenvalue weighted by atomic mass is 32.1. The van der Waals surface area contributed by atoms with Crippen molar-refractivity contribution in [3.05, 3.63) is 40.5 Å². The summed E-state index contributed by atoms with van der Waals surface area (Å²) in [6.07, 6.45) is 0.323. The van der Waals surface area contributed by atoms with Crippen molar-refractivity contribution in [3.63, 3.8) is 0 Å². The Morgan fingerprint density at radius 1 is 1.39 bits per heavy atom. The summed E-state index contributed by atoms with van der Waals surface area (Å²) in [5, 5.41) is 26.5. The van der Waals surface area contributed by atoms with E-state index in [1.54, 1.807) is 17.5 Å². The van der Waals surface area contributed by atoms with Gasteiger partial charge in [0.05, 0.1) is 12.0 Å². The van der Waals surface area contributed by atoms with Crippen LogP contribution in [0.25, 0.3) is 0 Å². The Morgan fingerprint density at radius 2 is 2.21 bits per heavy atom. The van der Waals surface area contributed by atoms with Crippen molar-refractivity contribution in [3.8, 4) is 5.75 Å². The van der Waals surface area contributed by atoms with Gasteiger partial charge in [0.1, 0.15) is 23.9 Å². The van der Waals surface area contributed by atoms with Crippen LogP contribution in [-0.2, 0) is 29.0 Å². The van der Waals surface area contributed by atoms with Crippen LogP contribution in [0.5, 0.6) is 5.75 Å². The number of tetrazole rings is 1. The van der Waals surface area contributed by atoms with Gasteiger partial charge in [-0.1, -0.05) is 12.1 Å². The highest BCUT2D eigenvalue weighted by Gasteiger charge is 2.37. The first-order valence-electron chi connectivity index (χ1n) is 10.0. The molecule has 3 aromatic rings.